The van der Waals surface area contributed by atoms with Crippen molar-refractivity contribution in [2.75, 3.05) is 26.2 Å². The van der Waals surface area contributed by atoms with Crippen LogP contribution in [-0.4, -0.2) is 59.0 Å². The second-order valence-corrected chi connectivity index (χ2v) is 6.49. The highest BCUT2D eigenvalue weighted by molar-refractivity contribution is 5.76. The normalized spacial score (nSPS) is 23.6. The summed E-state index contributed by atoms with van der Waals surface area (Å²) in [6, 6.07) is -0.455. The van der Waals surface area contributed by atoms with Gasteiger partial charge in [0.1, 0.15) is 6.04 Å². The molecule has 2 rings (SSSR count). The van der Waals surface area contributed by atoms with Crippen LogP contribution in [0.3, 0.4) is 0 Å². The summed E-state index contributed by atoms with van der Waals surface area (Å²) >= 11 is 0. The van der Waals surface area contributed by atoms with Crippen LogP contribution in [-0.2, 0) is 9.59 Å². The van der Waals surface area contributed by atoms with Gasteiger partial charge in [-0.25, -0.2) is 0 Å². The largest absolute Gasteiger partial charge is 0.480 e. The molecule has 0 bridgehead atoms. The highest BCUT2D eigenvalue weighted by atomic mass is 16.4. The highest BCUT2D eigenvalue weighted by Gasteiger charge is 2.28. The first-order valence-electron chi connectivity index (χ1n) is 8.32. The molecular formula is C16H28N2O3. The number of hydrogen-bond donors (Lipinski definition) is 1. The van der Waals surface area contributed by atoms with Crippen LogP contribution in [0.1, 0.15) is 51.9 Å². The van der Waals surface area contributed by atoms with Crippen LogP contribution in [0.4, 0.5) is 0 Å². The zero-order chi connectivity index (χ0) is 15.2. The van der Waals surface area contributed by atoms with Crippen molar-refractivity contribution in [2.45, 2.75) is 57.9 Å². The average Bonchev–Trinajstić information content (AvgIpc) is 2.75. The van der Waals surface area contributed by atoms with Crippen molar-refractivity contribution < 1.29 is 14.7 Å². The first kappa shape index (κ1) is 16.3. The minimum Gasteiger partial charge on any atom is -0.480 e. The molecule has 1 amide bonds. The number of aliphatic carboxylic acids is 1. The van der Waals surface area contributed by atoms with E-state index in [1.54, 1.807) is 6.92 Å². The Bertz CT molecular complexity index is 357. The summed E-state index contributed by atoms with van der Waals surface area (Å²) in [5.41, 5.74) is 0. The van der Waals surface area contributed by atoms with E-state index in [0.717, 1.165) is 0 Å². The van der Waals surface area contributed by atoms with Crippen molar-refractivity contribution in [3.63, 3.8) is 0 Å². The van der Waals surface area contributed by atoms with Gasteiger partial charge in [0.05, 0.1) is 0 Å². The fourth-order valence-corrected chi connectivity index (χ4v) is 3.46. The number of rotatable bonds is 4. The number of carboxylic acids is 1. The van der Waals surface area contributed by atoms with Crippen LogP contribution >= 0.6 is 0 Å². The molecular weight excluding hydrogens is 268 g/mol. The van der Waals surface area contributed by atoms with Crippen LogP contribution in [0, 0.1) is 5.92 Å². The van der Waals surface area contributed by atoms with Crippen molar-refractivity contribution in [3.8, 4) is 0 Å². The highest BCUT2D eigenvalue weighted by Crippen LogP contribution is 2.26. The summed E-state index contributed by atoms with van der Waals surface area (Å²) < 4.78 is 0. The maximum atomic E-state index is 12.4. The molecule has 1 unspecified atom stereocenters. The zero-order valence-corrected chi connectivity index (χ0v) is 13.1. The van der Waals surface area contributed by atoms with Gasteiger partial charge < -0.3 is 10.0 Å². The standard InChI is InChI=1S/C16H28N2O3/c1-13(16(20)21)17-8-10-18(11-9-17)15(19)12-14-6-4-2-3-5-7-14/h13-14H,2-12H2,1H3,(H,20,21). The van der Waals surface area contributed by atoms with Gasteiger partial charge in [-0.3, -0.25) is 14.5 Å². The second-order valence-electron chi connectivity index (χ2n) is 6.49. The molecule has 0 radical (unpaired) electrons. The van der Waals surface area contributed by atoms with Gasteiger partial charge in [0.15, 0.2) is 0 Å². The minimum absolute atomic E-state index is 0.268. The van der Waals surface area contributed by atoms with Crippen LogP contribution in [0.25, 0.3) is 0 Å². The molecule has 1 saturated carbocycles. The first-order valence-corrected chi connectivity index (χ1v) is 8.32. The molecule has 1 atom stereocenters. The van der Waals surface area contributed by atoms with Gasteiger partial charge >= 0.3 is 5.97 Å². The molecule has 2 aliphatic rings. The van der Waals surface area contributed by atoms with E-state index in [1.165, 1.54) is 38.5 Å². The predicted octanol–water partition coefficient (Wildman–Crippen LogP) is 1.96. The van der Waals surface area contributed by atoms with Crippen LogP contribution in [0.15, 0.2) is 0 Å². The SMILES string of the molecule is CC(C(=O)O)N1CCN(C(=O)CC2CCCCCC2)CC1. The lowest BCUT2D eigenvalue weighted by Gasteiger charge is -2.37. The number of nitrogens with zero attached hydrogens (tertiary/aromatic N) is 2. The van der Waals surface area contributed by atoms with E-state index in [2.05, 4.69) is 0 Å². The van der Waals surface area contributed by atoms with E-state index in [4.69, 9.17) is 5.11 Å². The monoisotopic (exact) mass is 296 g/mol. The summed E-state index contributed by atoms with van der Waals surface area (Å²) in [6.45, 7) is 4.39. The van der Waals surface area contributed by atoms with Crippen molar-refractivity contribution in [3.05, 3.63) is 0 Å². The van der Waals surface area contributed by atoms with E-state index in [9.17, 15) is 9.59 Å². The van der Waals surface area contributed by atoms with Gasteiger partial charge in [-0.1, -0.05) is 25.7 Å². The van der Waals surface area contributed by atoms with E-state index >= 15 is 0 Å². The quantitative estimate of drug-likeness (QED) is 0.806. The van der Waals surface area contributed by atoms with Crippen LogP contribution in [0.2, 0.25) is 0 Å². The Labute approximate surface area is 127 Å². The molecule has 0 aromatic heterocycles. The maximum absolute atomic E-state index is 12.4. The van der Waals surface area contributed by atoms with Gasteiger partial charge in [-0.2, -0.15) is 0 Å². The molecule has 2 fully saturated rings. The lowest BCUT2D eigenvalue weighted by atomic mass is 9.96. The van der Waals surface area contributed by atoms with E-state index in [1.807, 2.05) is 9.80 Å². The number of hydrogen-bond acceptors (Lipinski definition) is 3. The predicted molar refractivity (Wildman–Crippen MR) is 81.1 cm³/mol. The van der Waals surface area contributed by atoms with E-state index in [-0.39, 0.29) is 5.91 Å². The molecule has 1 aliphatic carbocycles. The van der Waals surface area contributed by atoms with Gasteiger partial charge in [-0.15, -0.1) is 0 Å². The molecule has 0 aromatic rings. The van der Waals surface area contributed by atoms with Gasteiger partial charge in [-0.05, 0) is 25.7 Å². The summed E-state index contributed by atoms with van der Waals surface area (Å²) in [7, 11) is 0. The van der Waals surface area contributed by atoms with Crippen molar-refractivity contribution >= 4 is 11.9 Å². The number of piperazine rings is 1. The average molecular weight is 296 g/mol. The van der Waals surface area contributed by atoms with Gasteiger partial charge in [0, 0.05) is 32.6 Å². The topological polar surface area (TPSA) is 60.9 Å². The lowest BCUT2D eigenvalue weighted by molar-refractivity contribution is -0.144. The van der Waals surface area contributed by atoms with Crippen molar-refractivity contribution in [1.29, 1.82) is 0 Å². The van der Waals surface area contributed by atoms with Gasteiger partial charge in [0.25, 0.3) is 0 Å². The third-order valence-electron chi connectivity index (χ3n) is 5.01. The molecule has 120 valence electrons. The molecule has 21 heavy (non-hydrogen) atoms. The smallest absolute Gasteiger partial charge is 0.320 e. The second kappa shape index (κ2) is 7.78. The lowest BCUT2D eigenvalue weighted by Crippen LogP contribution is -2.53. The first-order chi connectivity index (χ1) is 10.1. The Kier molecular flexibility index (Phi) is 6.03. The Balaban J connectivity index is 1.76. The van der Waals surface area contributed by atoms with Crippen LogP contribution < -0.4 is 0 Å². The Morgan fingerprint density at radius 1 is 1.05 bits per heavy atom. The molecule has 1 aliphatic heterocycles. The molecule has 1 saturated heterocycles. The summed E-state index contributed by atoms with van der Waals surface area (Å²) in [5, 5.41) is 9.03. The molecule has 5 heteroatoms. The molecule has 0 aromatic carbocycles. The minimum atomic E-state index is -0.784. The van der Waals surface area contributed by atoms with Crippen molar-refractivity contribution in [1.82, 2.24) is 9.80 Å². The fraction of sp³-hybridized carbons (Fsp3) is 0.875. The third kappa shape index (κ3) is 4.70. The maximum Gasteiger partial charge on any atom is 0.320 e. The number of carbonyl (C=O) groups is 2. The summed E-state index contributed by atoms with van der Waals surface area (Å²) in [5.74, 6) is 0.0498. The Hall–Kier alpha value is -1.10. The summed E-state index contributed by atoms with van der Waals surface area (Å²) in [6.07, 6.45) is 8.24. The molecule has 5 nitrogen and oxygen atoms in total. The van der Waals surface area contributed by atoms with Crippen molar-refractivity contribution in [2.24, 2.45) is 5.92 Å². The van der Waals surface area contributed by atoms with Gasteiger partial charge in [0.2, 0.25) is 5.91 Å². The Morgan fingerprint density at radius 3 is 2.14 bits per heavy atom. The molecule has 1 heterocycles. The van der Waals surface area contributed by atoms with Crippen LogP contribution in [0.5, 0.6) is 0 Å². The molecule has 0 spiro atoms. The number of amides is 1. The van der Waals surface area contributed by atoms with E-state index < -0.39 is 12.0 Å². The third-order valence-corrected chi connectivity index (χ3v) is 5.01. The molecule has 1 N–H and O–H groups in total. The Morgan fingerprint density at radius 2 is 1.62 bits per heavy atom. The zero-order valence-electron chi connectivity index (χ0n) is 13.1. The van der Waals surface area contributed by atoms with E-state index in [0.29, 0.717) is 38.5 Å². The summed E-state index contributed by atoms with van der Waals surface area (Å²) in [4.78, 5) is 27.2. The number of carbonyl (C=O) groups excluding carboxylic acids is 1. The fourth-order valence-electron chi connectivity index (χ4n) is 3.46. The number of carboxylic acid groups (broad SMARTS) is 1.